The highest BCUT2D eigenvalue weighted by Crippen LogP contribution is 2.40. The Kier molecular flexibility index (Phi) is 17.8. The predicted molar refractivity (Wildman–Crippen MR) is 229 cm³/mol. The van der Waals surface area contributed by atoms with Gasteiger partial charge in [0.05, 0.1) is 53.1 Å². The minimum atomic E-state index is -4.61. The van der Waals surface area contributed by atoms with Crippen LogP contribution in [0.3, 0.4) is 0 Å². The maximum absolute atomic E-state index is 14.5. The molecule has 6 N–H and O–H groups in total. The van der Waals surface area contributed by atoms with Crippen LogP contribution in [-0.2, 0) is 39.4 Å². The number of rotatable bonds is 8. The van der Waals surface area contributed by atoms with E-state index in [0.29, 0.717) is 6.42 Å². The summed E-state index contributed by atoms with van der Waals surface area (Å²) < 4.78 is 77.6. The second-order valence-corrected chi connectivity index (χ2v) is 19.4. The third kappa shape index (κ3) is 12.2. The quantitative estimate of drug-likeness (QED) is 0.198. The average Bonchev–Trinajstić information content (AvgIpc) is 3.20. The van der Waals surface area contributed by atoms with Crippen molar-refractivity contribution in [3.05, 3.63) is 29.8 Å². The maximum Gasteiger partial charge on any atom is 0.416 e. The Morgan fingerprint density at radius 2 is 1.56 bits per heavy atom. The van der Waals surface area contributed by atoms with Crippen molar-refractivity contribution in [2.24, 2.45) is 17.8 Å². The number of nitrogens with zero attached hydrogens (tertiary/aromatic N) is 2. The lowest BCUT2D eigenvalue weighted by atomic mass is 9.77. The van der Waals surface area contributed by atoms with Crippen molar-refractivity contribution in [3.63, 3.8) is 0 Å². The van der Waals surface area contributed by atoms with Crippen molar-refractivity contribution in [2.75, 3.05) is 33.1 Å². The number of carbonyl (C=O) groups is 2. The largest absolute Gasteiger partial charge is 0.459 e. The molecule has 3 aliphatic heterocycles. The Bertz CT molecular complexity index is 1690. The molecule has 0 spiro atoms. The topological polar surface area (TPSA) is 209 Å². The number of esters is 1. The number of likely N-dealkylation sites (N-methyl/N-ethyl adjacent to an activating group) is 1. The smallest absolute Gasteiger partial charge is 0.416 e. The van der Waals surface area contributed by atoms with Crippen molar-refractivity contribution in [1.82, 2.24) is 9.80 Å². The molecule has 18 atom stereocenters. The van der Waals surface area contributed by atoms with Crippen molar-refractivity contribution in [3.8, 4) is 0 Å². The van der Waals surface area contributed by atoms with Gasteiger partial charge in [-0.3, -0.25) is 4.79 Å². The number of aliphatic hydroxyl groups is 5. The summed E-state index contributed by atoms with van der Waals surface area (Å²) in [5.41, 5.74) is -6.04. The molecule has 0 saturated carbocycles. The molecule has 0 aromatic heterocycles. The summed E-state index contributed by atoms with van der Waals surface area (Å²) in [6, 6.07) is 1.39. The van der Waals surface area contributed by atoms with E-state index in [-0.39, 0.29) is 37.6 Å². The van der Waals surface area contributed by atoms with E-state index in [1.165, 1.54) is 32.8 Å². The molecule has 64 heavy (non-hydrogen) atoms. The van der Waals surface area contributed by atoms with Gasteiger partial charge in [-0.15, -0.1) is 0 Å². The molecule has 19 heteroatoms. The maximum atomic E-state index is 14.5. The van der Waals surface area contributed by atoms with Crippen LogP contribution in [0.25, 0.3) is 0 Å². The molecule has 0 unspecified atom stereocenters. The summed E-state index contributed by atoms with van der Waals surface area (Å²) in [5, 5.41) is 62.0. The van der Waals surface area contributed by atoms with Gasteiger partial charge in [-0.1, -0.05) is 20.8 Å². The molecule has 3 aliphatic rings. The van der Waals surface area contributed by atoms with Crippen molar-refractivity contribution in [1.29, 1.82) is 0 Å². The van der Waals surface area contributed by atoms with Gasteiger partial charge in [0.2, 0.25) is 0 Å². The van der Waals surface area contributed by atoms with E-state index in [0.717, 1.165) is 24.3 Å². The van der Waals surface area contributed by atoms with Gasteiger partial charge in [0.25, 0.3) is 0 Å². The molecular formula is C45H74F3N3O13. The van der Waals surface area contributed by atoms with Gasteiger partial charge in [-0.25, -0.2) is 4.79 Å². The van der Waals surface area contributed by atoms with Crippen LogP contribution in [0.5, 0.6) is 0 Å². The Morgan fingerprint density at radius 3 is 2.11 bits per heavy atom. The first-order valence-corrected chi connectivity index (χ1v) is 22.3. The van der Waals surface area contributed by atoms with Gasteiger partial charge in [0.1, 0.15) is 30.0 Å². The van der Waals surface area contributed by atoms with Crippen molar-refractivity contribution >= 4 is 17.7 Å². The summed E-state index contributed by atoms with van der Waals surface area (Å²) in [6.45, 7) is 16.0. The molecule has 0 aliphatic carbocycles. The van der Waals surface area contributed by atoms with Gasteiger partial charge in [0.15, 0.2) is 12.6 Å². The number of hydrogen-bond donors (Lipinski definition) is 6. The van der Waals surface area contributed by atoms with Crippen LogP contribution < -0.4 is 5.32 Å². The van der Waals surface area contributed by atoms with Crippen LogP contribution in [-0.4, -0.2) is 165 Å². The molecule has 368 valence electrons. The first kappa shape index (κ1) is 53.9. The van der Waals surface area contributed by atoms with Gasteiger partial charge < -0.3 is 69.1 Å². The van der Waals surface area contributed by atoms with Gasteiger partial charge in [-0.2, -0.15) is 13.2 Å². The third-order valence-corrected chi connectivity index (χ3v) is 13.6. The fraction of sp³-hybridized carbons (Fsp3) is 0.822. The molecule has 4 rings (SSSR count). The number of halogens is 3. The normalized spacial score (nSPS) is 42.4. The Hall–Kier alpha value is -2.69. The zero-order chi connectivity index (χ0) is 48.4. The fourth-order valence-corrected chi connectivity index (χ4v) is 9.72. The van der Waals surface area contributed by atoms with E-state index in [1.807, 2.05) is 25.9 Å². The number of amides is 2. The van der Waals surface area contributed by atoms with Crippen LogP contribution >= 0.6 is 0 Å². The molecule has 0 radical (unpaired) electrons. The molecule has 1 aromatic rings. The molecular weight excluding hydrogens is 847 g/mol. The fourth-order valence-electron chi connectivity index (χ4n) is 9.72. The highest BCUT2D eigenvalue weighted by atomic mass is 19.4. The van der Waals surface area contributed by atoms with Crippen LogP contribution in [0, 0.1) is 17.8 Å². The highest BCUT2D eigenvalue weighted by Gasteiger charge is 2.53. The zero-order valence-corrected chi connectivity index (χ0v) is 39.5. The lowest BCUT2D eigenvalue weighted by Gasteiger charge is -2.48. The number of nitrogens with one attached hydrogen (secondary N) is 1. The Morgan fingerprint density at radius 1 is 0.953 bits per heavy atom. The van der Waals surface area contributed by atoms with Gasteiger partial charge in [-0.05, 0) is 112 Å². The molecule has 2 amide bonds. The number of carbonyl (C=O) groups excluding carboxylic acids is 2. The summed E-state index contributed by atoms with van der Waals surface area (Å²) in [5.74, 6) is -3.58. The minimum absolute atomic E-state index is 0.0143. The van der Waals surface area contributed by atoms with E-state index < -0.39 is 126 Å². The first-order valence-electron chi connectivity index (χ1n) is 22.3. The van der Waals surface area contributed by atoms with E-state index in [9.17, 15) is 48.3 Å². The molecule has 3 heterocycles. The lowest BCUT2D eigenvalue weighted by molar-refractivity contribution is -0.318. The molecule has 3 saturated heterocycles. The minimum Gasteiger partial charge on any atom is -0.459 e. The number of alkyl halides is 3. The predicted octanol–water partition coefficient (Wildman–Crippen LogP) is 4.52. The number of ether oxygens (including phenoxy) is 6. The third-order valence-electron chi connectivity index (χ3n) is 13.6. The molecule has 16 nitrogen and oxygen atoms in total. The average molecular weight is 922 g/mol. The number of methoxy groups -OCH3 is 1. The van der Waals surface area contributed by atoms with Crippen molar-refractivity contribution < 1.29 is 76.7 Å². The first-order chi connectivity index (χ1) is 29.5. The number of anilines is 1. The molecule has 1 aromatic carbocycles. The van der Waals surface area contributed by atoms with Crippen LogP contribution in [0.4, 0.5) is 23.7 Å². The van der Waals surface area contributed by atoms with Crippen molar-refractivity contribution in [2.45, 2.75) is 191 Å². The van der Waals surface area contributed by atoms with E-state index in [4.69, 9.17) is 28.4 Å². The van der Waals surface area contributed by atoms with Gasteiger partial charge >= 0.3 is 18.2 Å². The number of urea groups is 1. The van der Waals surface area contributed by atoms with E-state index in [1.54, 1.807) is 41.5 Å². The second kappa shape index (κ2) is 21.1. The molecule has 3 fully saturated rings. The van der Waals surface area contributed by atoms with Crippen LogP contribution in [0.1, 0.15) is 100 Å². The highest BCUT2D eigenvalue weighted by molar-refractivity contribution is 5.89. The SMILES string of the molecule is CC[C@H]1OC(=O)[C@H](C)[C@@H](O[C@H]2C[C@@](C)(OC)[C@@H](O)[C@H](C)O2)[C@H](C)[C@@H](O[C@@H]2O[C@H](C)C[C@@H](N(C)C)[C@H]2O)[C@](C)(O)C[C@@H](C)CN(C(=O)Nc2ccc(C(F)(F)F)cc2)[C@H](C)[C@@H](O)[C@]1(C)O. The second-order valence-electron chi connectivity index (χ2n) is 19.4. The summed E-state index contributed by atoms with van der Waals surface area (Å²) in [7, 11) is 5.09. The van der Waals surface area contributed by atoms with E-state index in [2.05, 4.69) is 5.32 Å². The number of cyclic esters (lactones) is 1. The number of aliphatic hydroxyl groups excluding tert-OH is 3. The Balaban J connectivity index is 1.85. The summed E-state index contributed by atoms with van der Waals surface area (Å²) in [6.07, 6.45) is -15.4. The monoisotopic (exact) mass is 922 g/mol. The van der Waals surface area contributed by atoms with Crippen LogP contribution in [0.2, 0.25) is 0 Å². The lowest BCUT2D eigenvalue weighted by Crippen LogP contribution is -2.61. The molecule has 0 bridgehead atoms. The van der Waals surface area contributed by atoms with Crippen LogP contribution in [0.15, 0.2) is 24.3 Å². The summed E-state index contributed by atoms with van der Waals surface area (Å²) >= 11 is 0. The summed E-state index contributed by atoms with van der Waals surface area (Å²) in [4.78, 5) is 31.7. The van der Waals surface area contributed by atoms with E-state index >= 15 is 0 Å². The Labute approximate surface area is 375 Å². The number of hydrogen-bond acceptors (Lipinski definition) is 14. The zero-order valence-electron chi connectivity index (χ0n) is 39.5. The standard InChI is InChI=1S/C45H74F3N3O13/c1-14-32-44(10,58)36(53)27(6)51(41(56)49-30-17-15-29(16-18-30)45(46,47)48)22-23(2)20-42(8,57)38(64-40-34(52)31(50(11)12)19-24(3)60-40)25(4)35(26(5)39(55)62-32)63-33-21-43(9,59-13)37(54)28(7)61-33/h15-18,23-28,31-38,40,52-54,57-58H,14,19-22H2,1-13H3,(H,49,56)/t23-,24-,25+,26-,27-,28+,31-,32-,33+,34-,35+,36-,37+,38-,40+,42-,43-,44-/m1/s1. The number of benzene rings is 1. The van der Waals surface area contributed by atoms with Gasteiger partial charge in [0, 0.05) is 37.7 Å².